The summed E-state index contributed by atoms with van der Waals surface area (Å²) < 4.78 is 12.3. The van der Waals surface area contributed by atoms with Crippen LogP contribution in [0.25, 0.3) is 20.8 Å². The summed E-state index contributed by atoms with van der Waals surface area (Å²) in [5.74, 6) is 0. The number of benzene rings is 1. The van der Waals surface area contributed by atoms with Gasteiger partial charge in [-0.15, -0.1) is 11.3 Å². The molecule has 7 heteroatoms. The van der Waals surface area contributed by atoms with Crippen molar-refractivity contribution >= 4 is 32.6 Å². The Kier molecular flexibility index (Phi) is 3.47. The van der Waals surface area contributed by atoms with Crippen molar-refractivity contribution < 1.29 is 4.55 Å². The van der Waals surface area contributed by atoms with Crippen molar-refractivity contribution in [2.24, 2.45) is 0 Å². The zero-order chi connectivity index (χ0) is 14.1. The van der Waals surface area contributed by atoms with Crippen LogP contribution in [0.2, 0.25) is 0 Å². The van der Waals surface area contributed by atoms with Crippen LogP contribution in [0.5, 0.6) is 0 Å². The zero-order valence-electron chi connectivity index (χ0n) is 10.4. The van der Waals surface area contributed by atoms with Gasteiger partial charge in [0.25, 0.3) is 10.6 Å². The van der Waals surface area contributed by atoms with Gasteiger partial charge < -0.3 is 4.55 Å². The third-order valence-corrected chi connectivity index (χ3v) is 4.51. The molecule has 1 aromatic carbocycles. The second kappa shape index (κ2) is 5.28. The van der Waals surface area contributed by atoms with E-state index in [-0.39, 0.29) is 5.56 Å². The Morgan fingerprint density at radius 1 is 1.20 bits per heavy atom. The van der Waals surface area contributed by atoms with Gasteiger partial charge in [-0.1, -0.05) is 12.1 Å². The van der Waals surface area contributed by atoms with Gasteiger partial charge in [0, 0.05) is 15.9 Å². The highest BCUT2D eigenvalue weighted by Crippen LogP contribution is 2.24. The average molecular weight is 303 g/mol. The average Bonchev–Trinajstić information content (AvgIpc) is 2.47. The first-order valence-electron chi connectivity index (χ1n) is 5.71. The standard InChI is InChI=1S/C13H9N3O2S2/c1-20(18)11-7-14-6-9(15-11)13-16-12(17)8-4-2-3-5-10(8)19-13/h2-7H,1H3. The normalized spacial score (nSPS) is 12.5. The summed E-state index contributed by atoms with van der Waals surface area (Å²) in [4.78, 5) is 24.3. The van der Waals surface area contributed by atoms with Crippen molar-refractivity contribution in [3.05, 3.63) is 47.0 Å². The number of rotatable bonds is 2. The molecule has 5 nitrogen and oxygen atoms in total. The second-order valence-corrected chi connectivity index (χ2v) is 6.37. The molecule has 1 unspecified atom stereocenters. The summed E-state index contributed by atoms with van der Waals surface area (Å²) in [7, 11) is 0. The maximum Gasteiger partial charge on any atom is 0.279 e. The topological polar surface area (TPSA) is 78.8 Å². The molecule has 0 aliphatic rings. The first-order chi connectivity index (χ1) is 9.65. The van der Waals surface area contributed by atoms with Crippen LogP contribution < -0.4 is 5.56 Å². The molecule has 0 saturated carbocycles. The van der Waals surface area contributed by atoms with Gasteiger partial charge in [-0.05, 0) is 12.1 Å². The predicted molar refractivity (Wildman–Crippen MR) is 79.2 cm³/mol. The molecular weight excluding hydrogens is 294 g/mol. The minimum Gasteiger partial charge on any atom is -0.610 e. The summed E-state index contributed by atoms with van der Waals surface area (Å²) in [6.45, 7) is 0. The molecule has 0 amide bonds. The summed E-state index contributed by atoms with van der Waals surface area (Å²) in [6, 6.07) is 7.28. The third kappa shape index (κ3) is 2.43. The van der Waals surface area contributed by atoms with E-state index in [0.29, 0.717) is 21.1 Å². The van der Waals surface area contributed by atoms with Gasteiger partial charge in [0.05, 0.1) is 11.6 Å². The van der Waals surface area contributed by atoms with E-state index in [2.05, 4.69) is 15.0 Å². The molecule has 100 valence electrons. The maximum absolute atomic E-state index is 12.0. The first-order valence-corrected chi connectivity index (χ1v) is 8.08. The predicted octanol–water partition coefficient (Wildman–Crippen LogP) is 1.85. The highest BCUT2D eigenvalue weighted by molar-refractivity contribution is 7.90. The number of hydrogen-bond acceptors (Lipinski definition) is 6. The largest absolute Gasteiger partial charge is 0.610 e. The number of hydrogen-bond donors (Lipinski definition) is 0. The SMILES string of the molecule is C[S+]([O-])c1cncc(-c2nc(=O)c3ccccc3s2)n1. The minimum atomic E-state index is -1.22. The fourth-order valence-electron chi connectivity index (χ4n) is 1.71. The van der Waals surface area contributed by atoms with E-state index in [9.17, 15) is 9.35 Å². The lowest BCUT2D eigenvalue weighted by atomic mass is 10.3. The minimum absolute atomic E-state index is 0.292. The van der Waals surface area contributed by atoms with Crippen LogP contribution in [-0.4, -0.2) is 25.8 Å². The number of nitrogens with zero attached hydrogens (tertiary/aromatic N) is 3. The van der Waals surface area contributed by atoms with Crippen molar-refractivity contribution in [3.63, 3.8) is 0 Å². The third-order valence-electron chi connectivity index (χ3n) is 2.65. The van der Waals surface area contributed by atoms with Gasteiger partial charge in [-0.2, -0.15) is 9.97 Å². The van der Waals surface area contributed by atoms with Crippen LogP contribution in [0.15, 0.2) is 46.5 Å². The van der Waals surface area contributed by atoms with Gasteiger partial charge in [0.1, 0.15) is 23.2 Å². The van der Waals surface area contributed by atoms with Crippen LogP contribution in [0.1, 0.15) is 0 Å². The van der Waals surface area contributed by atoms with Gasteiger partial charge in [0.2, 0.25) is 0 Å². The summed E-state index contributed by atoms with van der Waals surface area (Å²) >= 11 is 0.142. The smallest absolute Gasteiger partial charge is 0.279 e. The zero-order valence-corrected chi connectivity index (χ0v) is 12.1. The van der Waals surface area contributed by atoms with Crippen LogP contribution in [0, 0.1) is 0 Å². The fraction of sp³-hybridized carbons (Fsp3) is 0.0769. The number of fused-ring (bicyclic) bond motifs is 1. The molecule has 3 rings (SSSR count). The highest BCUT2D eigenvalue weighted by atomic mass is 32.2. The Balaban J connectivity index is 2.20. The molecule has 0 N–H and O–H groups in total. The Morgan fingerprint density at radius 3 is 2.80 bits per heavy atom. The Labute approximate surface area is 121 Å². The molecule has 0 aliphatic heterocycles. The lowest BCUT2D eigenvalue weighted by molar-refractivity contribution is 0.596. The van der Waals surface area contributed by atoms with Gasteiger partial charge in [-0.3, -0.25) is 9.78 Å². The lowest BCUT2D eigenvalue weighted by Gasteiger charge is -2.04. The van der Waals surface area contributed by atoms with E-state index in [1.807, 2.05) is 12.1 Å². The Hall–Kier alpha value is -1.83. The van der Waals surface area contributed by atoms with Crippen molar-refractivity contribution in [1.82, 2.24) is 15.0 Å². The monoisotopic (exact) mass is 303 g/mol. The van der Waals surface area contributed by atoms with E-state index in [1.54, 1.807) is 12.1 Å². The van der Waals surface area contributed by atoms with E-state index < -0.39 is 11.2 Å². The highest BCUT2D eigenvalue weighted by Gasteiger charge is 2.12. The second-order valence-electron chi connectivity index (χ2n) is 4.02. The summed E-state index contributed by atoms with van der Waals surface area (Å²) in [6.07, 6.45) is 4.50. The lowest BCUT2D eigenvalue weighted by Crippen LogP contribution is -2.07. The van der Waals surface area contributed by atoms with Crippen LogP contribution in [-0.2, 0) is 11.2 Å². The Morgan fingerprint density at radius 2 is 2.00 bits per heavy atom. The van der Waals surface area contributed by atoms with Gasteiger partial charge in [-0.25, -0.2) is 0 Å². The van der Waals surface area contributed by atoms with Crippen molar-refractivity contribution in [2.75, 3.05) is 6.26 Å². The molecule has 0 fully saturated rings. The molecule has 0 aliphatic carbocycles. The Bertz CT molecular complexity index is 833. The van der Waals surface area contributed by atoms with Crippen LogP contribution >= 0.6 is 11.3 Å². The van der Waals surface area contributed by atoms with Crippen molar-refractivity contribution in [2.45, 2.75) is 5.03 Å². The molecule has 2 heterocycles. The molecule has 2 aromatic heterocycles. The number of aromatic nitrogens is 3. The van der Waals surface area contributed by atoms with Gasteiger partial charge >= 0.3 is 0 Å². The van der Waals surface area contributed by atoms with Crippen LogP contribution in [0.3, 0.4) is 0 Å². The molecule has 3 aromatic rings. The van der Waals surface area contributed by atoms with Crippen molar-refractivity contribution in [3.8, 4) is 10.7 Å². The van der Waals surface area contributed by atoms with E-state index >= 15 is 0 Å². The van der Waals surface area contributed by atoms with E-state index in [4.69, 9.17) is 0 Å². The summed E-state index contributed by atoms with van der Waals surface area (Å²) in [5, 5.41) is 1.44. The van der Waals surface area contributed by atoms with Crippen LogP contribution in [0.4, 0.5) is 0 Å². The molecule has 20 heavy (non-hydrogen) atoms. The van der Waals surface area contributed by atoms with Crippen molar-refractivity contribution in [1.29, 1.82) is 0 Å². The first kappa shape index (κ1) is 13.2. The molecule has 0 radical (unpaired) electrons. The molecule has 0 bridgehead atoms. The van der Waals surface area contributed by atoms with E-state index in [1.165, 1.54) is 30.0 Å². The van der Waals surface area contributed by atoms with E-state index in [0.717, 1.165) is 4.70 Å². The molecule has 0 spiro atoms. The summed E-state index contributed by atoms with van der Waals surface area (Å²) in [5.41, 5.74) is 0.171. The molecule has 0 saturated heterocycles. The maximum atomic E-state index is 12.0. The molecule has 1 atom stereocenters. The quantitative estimate of drug-likeness (QED) is 0.675. The van der Waals surface area contributed by atoms with Gasteiger partial charge in [0.15, 0.2) is 0 Å². The fourth-order valence-corrected chi connectivity index (χ4v) is 3.10. The molecular formula is C13H9N3O2S2.